The first-order valence-corrected chi connectivity index (χ1v) is 2.31. The average Bonchev–Trinajstić information content (AvgIpc) is 1.86. The van der Waals surface area contributed by atoms with Gasteiger partial charge in [-0.05, 0) is 0 Å². The monoisotopic (exact) mass is 148 g/mol. The van der Waals surface area contributed by atoms with E-state index in [0.717, 1.165) is 4.46 Å². The molecule has 0 aliphatic carbocycles. The third kappa shape index (κ3) is 0.614. The molecule has 1 aromatic rings. The second kappa shape index (κ2) is 1.45. The molecule has 0 atom stereocenters. The van der Waals surface area contributed by atoms with E-state index in [1.54, 1.807) is 12.5 Å². The molecule has 6 heavy (non-hydrogen) atoms. The summed E-state index contributed by atoms with van der Waals surface area (Å²) in [7, 11) is 0. The van der Waals surface area contributed by atoms with E-state index in [4.69, 9.17) is 0 Å². The molecule has 1 radical (unpaired) electrons. The van der Waals surface area contributed by atoms with Gasteiger partial charge in [0.05, 0.1) is 0 Å². The van der Waals surface area contributed by atoms with Gasteiger partial charge in [0, 0.05) is 0 Å². The van der Waals surface area contributed by atoms with Crippen LogP contribution >= 0.6 is 0 Å². The second-order valence-corrected chi connectivity index (χ2v) is 1.85. The van der Waals surface area contributed by atoms with Gasteiger partial charge in [-0.1, -0.05) is 0 Å². The molecule has 1 heterocycles. The van der Waals surface area contributed by atoms with Gasteiger partial charge < -0.3 is 0 Å². The molecule has 0 bridgehead atoms. The van der Waals surface area contributed by atoms with Crippen molar-refractivity contribution in [3.8, 4) is 0 Å². The van der Waals surface area contributed by atoms with Gasteiger partial charge in [-0.2, -0.15) is 0 Å². The Hall–Kier alpha value is -0.271. The van der Waals surface area contributed by atoms with E-state index in [-0.39, 0.29) is 0 Å². The molecular weight excluding hydrogens is 145 g/mol. The van der Waals surface area contributed by atoms with Crippen LogP contribution in [0.2, 0.25) is 0 Å². The van der Waals surface area contributed by atoms with Crippen LogP contribution in [0.1, 0.15) is 0 Å². The summed E-state index contributed by atoms with van der Waals surface area (Å²) < 4.78 is 5.37. The van der Waals surface area contributed by atoms with Crippen molar-refractivity contribution >= 4 is 20.5 Å². The van der Waals surface area contributed by atoms with Crippen LogP contribution in [0.5, 0.6) is 0 Å². The van der Waals surface area contributed by atoms with Gasteiger partial charge in [-0.25, -0.2) is 0 Å². The fraction of sp³-hybridized carbons (Fsp3) is 0. The van der Waals surface area contributed by atoms with Crippen LogP contribution in [0.25, 0.3) is 0 Å². The molecule has 0 fully saturated rings. The number of aromatic nitrogens is 1. The predicted octanol–water partition coefficient (Wildman–Crippen LogP) is -0.532. The molecule has 0 N–H and O–H groups in total. The van der Waals surface area contributed by atoms with E-state index in [1.807, 2.05) is 0 Å². The summed E-state index contributed by atoms with van der Waals surface area (Å²) >= 11 is 2.73. The zero-order valence-electron chi connectivity index (χ0n) is 2.92. The molecule has 3 heteroatoms. The molecule has 0 saturated carbocycles. The number of hydrogen-bond donors (Lipinski definition) is 0. The molecule has 0 saturated heterocycles. The maximum absolute atomic E-state index is 4.43. The second-order valence-electron chi connectivity index (χ2n) is 0.860. The van der Waals surface area contributed by atoms with Gasteiger partial charge in [0.1, 0.15) is 0 Å². The Morgan fingerprint density at radius 3 is 2.83 bits per heavy atom. The van der Waals surface area contributed by atoms with Crippen molar-refractivity contribution < 1.29 is 4.52 Å². The first-order chi connectivity index (χ1) is 2.89. The Morgan fingerprint density at radius 2 is 2.67 bits per heavy atom. The molecule has 2 nitrogen and oxygen atoms in total. The summed E-state index contributed by atoms with van der Waals surface area (Å²) in [5.41, 5.74) is 0. The standard InChI is InChI=1S/C3H2NOSe/c6-3-1-4-5-2-3/h1-2H. The SMILES string of the molecule is [Se]c1cnoc1. The number of nitrogens with zero attached hydrogens (tertiary/aromatic N) is 1. The Bertz CT molecular complexity index is 114. The molecule has 0 aliphatic heterocycles. The van der Waals surface area contributed by atoms with Crippen LogP contribution in [0.15, 0.2) is 17.0 Å². The quantitative estimate of drug-likeness (QED) is 0.461. The van der Waals surface area contributed by atoms with Crippen molar-refractivity contribution in [3.05, 3.63) is 12.5 Å². The van der Waals surface area contributed by atoms with Crippen molar-refractivity contribution in [2.24, 2.45) is 0 Å². The van der Waals surface area contributed by atoms with Crippen molar-refractivity contribution in [2.75, 3.05) is 0 Å². The predicted molar refractivity (Wildman–Crippen MR) is 21.9 cm³/mol. The minimum absolute atomic E-state index is 0.940. The molecular formula is C3H2NOSe. The fourth-order valence-corrected chi connectivity index (χ4v) is 0.376. The normalized spacial score (nSPS) is 8.67. The third-order valence-corrected chi connectivity index (χ3v) is 0.833. The van der Waals surface area contributed by atoms with Crippen LogP contribution in [0.3, 0.4) is 0 Å². The van der Waals surface area contributed by atoms with E-state index in [9.17, 15) is 0 Å². The van der Waals surface area contributed by atoms with Gasteiger partial charge in [-0.3, -0.25) is 0 Å². The van der Waals surface area contributed by atoms with Gasteiger partial charge in [0.15, 0.2) is 0 Å². The third-order valence-electron chi connectivity index (χ3n) is 0.410. The summed E-state index contributed by atoms with van der Waals surface area (Å²) in [5.74, 6) is 0. The molecule has 0 aliphatic rings. The summed E-state index contributed by atoms with van der Waals surface area (Å²) in [6, 6.07) is 0. The maximum atomic E-state index is 4.43. The Labute approximate surface area is 43.3 Å². The Balaban J connectivity index is 3.05. The average molecular weight is 147 g/mol. The van der Waals surface area contributed by atoms with Gasteiger partial charge in [0.25, 0.3) is 0 Å². The molecule has 1 rings (SSSR count). The van der Waals surface area contributed by atoms with E-state index < -0.39 is 0 Å². The van der Waals surface area contributed by atoms with Crippen LogP contribution < -0.4 is 4.46 Å². The van der Waals surface area contributed by atoms with E-state index in [2.05, 4.69) is 25.7 Å². The van der Waals surface area contributed by atoms with Crippen LogP contribution in [-0.4, -0.2) is 21.2 Å². The van der Waals surface area contributed by atoms with Crippen LogP contribution in [-0.2, 0) is 0 Å². The molecule has 0 spiro atoms. The molecule has 0 aromatic carbocycles. The Kier molecular flexibility index (Phi) is 0.945. The summed E-state index contributed by atoms with van der Waals surface area (Å²) in [5, 5.41) is 3.42. The van der Waals surface area contributed by atoms with Crippen molar-refractivity contribution in [1.29, 1.82) is 0 Å². The number of hydrogen-bond acceptors (Lipinski definition) is 2. The zero-order chi connectivity index (χ0) is 4.41. The Morgan fingerprint density at radius 1 is 1.83 bits per heavy atom. The van der Waals surface area contributed by atoms with E-state index >= 15 is 0 Å². The summed E-state index contributed by atoms with van der Waals surface area (Å²) in [4.78, 5) is 0. The van der Waals surface area contributed by atoms with E-state index in [1.165, 1.54) is 0 Å². The van der Waals surface area contributed by atoms with Crippen LogP contribution in [0, 0.1) is 0 Å². The van der Waals surface area contributed by atoms with Crippen LogP contribution in [0.4, 0.5) is 0 Å². The zero-order valence-corrected chi connectivity index (χ0v) is 4.63. The molecule has 31 valence electrons. The van der Waals surface area contributed by atoms with Crippen molar-refractivity contribution in [2.45, 2.75) is 0 Å². The topological polar surface area (TPSA) is 26.0 Å². The van der Waals surface area contributed by atoms with E-state index in [0.29, 0.717) is 0 Å². The fourth-order valence-electron chi connectivity index (χ4n) is 0.195. The first-order valence-electron chi connectivity index (χ1n) is 1.46. The molecule has 0 unspecified atom stereocenters. The van der Waals surface area contributed by atoms with Crippen molar-refractivity contribution in [3.63, 3.8) is 0 Å². The van der Waals surface area contributed by atoms with Gasteiger partial charge >= 0.3 is 42.6 Å². The summed E-state index contributed by atoms with van der Waals surface area (Å²) in [6.07, 6.45) is 3.15. The first kappa shape index (κ1) is 3.90. The van der Waals surface area contributed by atoms with Crippen molar-refractivity contribution in [1.82, 2.24) is 5.16 Å². The minimum atomic E-state index is 0.940. The van der Waals surface area contributed by atoms with Gasteiger partial charge in [-0.15, -0.1) is 0 Å². The van der Waals surface area contributed by atoms with Gasteiger partial charge in [0.2, 0.25) is 0 Å². The number of rotatable bonds is 0. The summed E-state index contributed by atoms with van der Waals surface area (Å²) in [6.45, 7) is 0. The molecule has 0 amide bonds. The molecule has 1 aromatic heterocycles.